The van der Waals surface area contributed by atoms with Crippen molar-refractivity contribution in [2.75, 3.05) is 32.9 Å². The van der Waals surface area contributed by atoms with Crippen molar-refractivity contribution >= 4 is 0 Å². The summed E-state index contributed by atoms with van der Waals surface area (Å²) in [6.45, 7) is -0.855. The number of hydrogen-bond donors (Lipinski definition) is 2. The summed E-state index contributed by atoms with van der Waals surface area (Å²) in [4.78, 5) is 0. The highest BCUT2D eigenvalue weighted by Gasteiger charge is 2.27. The lowest BCUT2D eigenvalue weighted by Gasteiger charge is -2.27. The molecule has 0 radical (unpaired) electrons. The maximum absolute atomic E-state index is 11.9. The van der Waals surface area contributed by atoms with E-state index in [1.54, 1.807) is 12.1 Å². The lowest BCUT2D eigenvalue weighted by atomic mass is 10.2. The van der Waals surface area contributed by atoms with Crippen LogP contribution >= 0.6 is 0 Å². The largest absolute Gasteiger partial charge is 0.486 e. The minimum Gasteiger partial charge on any atom is -0.486 e. The molecule has 22 heavy (non-hydrogen) atoms. The molecule has 0 fully saturated rings. The molecule has 2 atom stereocenters. The Labute approximate surface area is 126 Å². The minimum atomic E-state index is -4.38. The van der Waals surface area contributed by atoms with Crippen LogP contribution in [0.2, 0.25) is 0 Å². The molecule has 1 aromatic rings. The van der Waals surface area contributed by atoms with Gasteiger partial charge in [-0.15, -0.1) is 0 Å². The Morgan fingerprint density at radius 3 is 2.77 bits per heavy atom. The smallest absolute Gasteiger partial charge is 0.411 e. The second-order valence-electron chi connectivity index (χ2n) is 4.94. The van der Waals surface area contributed by atoms with E-state index in [4.69, 9.17) is 9.47 Å². The predicted molar refractivity (Wildman–Crippen MR) is 72.1 cm³/mol. The topological polar surface area (TPSA) is 60.0 Å². The van der Waals surface area contributed by atoms with E-state index in [-0.39, 0.29) is 19.3 Å². The van der Waals surface area contributed by atoms with Crippen LogP contribution in [0, 0.1) is 0 Å². The van der Waals surface area contributed by atoms with Crippen molar-refractivity contribution in [1.29, 1.82) is 0 Å². The molecular formula is C14H18F3NO4. The fourth-order valence-corrected chi connectivity index (χ4v) is 1.94. The number of para-hydroxylation sites is 2. The number of rotatable bonds is 7. The average molecular weight is 321 g/mol. The maximum atomic E-state index is 11.9. The van der Waals surface area contributed by atoms with Crippen LogP contribution in [0.5, 0.6) is 11.5 Å². The zero-order valence-corrected chi connectivity index (χ0v) is 11.8. The first-order valence-corrected chi connectivity index (χ1v) is 6.86. The first kappa shape index (κ1) is 16.9. The molecular weight excluding hydrogens is 303 g/mol. The molecule has 0 saturated heterocycles. The molecule has 8 heteroatoms. The highest BCUT2D eigenvalue weighted by molar-refractivity contribution is 5.40. The van der Waals surface area contributed by atoms with Gasteiger partial charge in [0, 0.05) is 13.1 Å². The Bertz CT molecular complexity index is 470. The molecule has 124 valence electrons. The monoisotopic (exact) mass is 321 g/mol. The predicted octanol–water partition coefficient (Wildman–Crippen LogP) is 1.36. The summed E-state index contributed by atoms with van der Waals surface area (Å²) < 4.78 is 51.2. The number of fused-ring (bicyclic) bond motifs is 1. The summed E-state index contributed by atoms with van der Waals surface area (Å²) in [5.41, 5.74) is 0. The van der Waals surface area contributed by atoms with E-state index in [2.05, 4.69) is 10.1 Å². The average Bonchev–Trinajstić information content (AvgIpc) is 2.46. The highest BCUT2D eigenvalue weighted by atomic mass is 19.4. The molecule has 0 spiro atoms. The molecule has 2 N–H and O–H groups in total. The SMILES string of the molecule is OC(CNCC1COc2ccccc2O1)COCC(F)(F)F. The first-order chi connectivity index (χ1) is 10.4. The number of aliphatic hydroxyl groups excluding tert-OH is 1. The lowest BCUT2D eigenvalue weighted by Crippen LogP contribution is -2.41. The van der Waals surface area contributed by atoms with E-state index < -0.39 is 18.9 Å². The van der Waals surface area contributed by atoms with Gasteiger partial charge in [0.05, 0.1) is 12.7 Å². The van der Waals surface area contributed by atoms with Gasteiger partial charge in [0.2, 0.25) is 0 Å². The lowest BCUT2D eigenvalue weighted by molar-refractivity contribution is -0.178. The summed E-state index contributed by atoms with van der Waals surface area (Å²) in [5.74, 6) is 1.33. The second kappa shape index (κ2) is 7.66. The van der Waals surface area contributed by atoms with E-state index in [1.807, 2.05) is 12.1 Å². The Morgan fingerprint density at radius 1 is 1.32 bits per heavy atom. The van der Waals surface area contributed by atoms with Crippen LogP contribution in [-0.4, -0.2) is 56.4 Å². The molecule has 1 aliphatic rings. The van der Waals surface area contributed by atoms with Gasteiger partial charge in [-0.1, -0.05) is 12.1 Å². The molecule has 5 nitrogen and oxygen atoms in total. The van der Waals surface area contributed by atoms with E-state index >= 15 is 0 Å². The van der Waals surface area contributed by atoms with Crippen molar-refractivity contribution in [1.82, 2.24) is 5.32 Å². The van der Waals surface area contributed by atoms with Crippen molar-refractivity contribution in [2.45, 2.75) is 18.4 Å². The van der Waals surface area contributed by atoms with Crippen molar-refractivity contribution < 1.29 is 32.5 Å². The van der Waals surface area contributed by atoms with Crippen molar-refractivity contribution in [3.63, 3.8) is 0 Å². The molecule has 0 aromatic heterocycles. The normalized spacial score (nSPS) is 19.0. The maximum Gasteiger partial charge on any atom is 0.411 e. The molecule has 1 aromatic carbocycles. The van der Waals surface area contributed by atoms with Crippen LogP contribution in [-0.2, 0) is 4.74 Å². The third kappa shape index (κ3) is 5.70. The van der Waals surface area contributed by atoms with Gasteiger partial charge in [0.25, 0.3) is 0 Å². The summed E-state index contributed by atoms with van der Waals surface area (Å²) in [7, 11) is 0. The number of aliphatic hydroxyl groups is 1. The Kier molecular flexibility index (Phi) is 5.87. The molecule has 0 aliphatic carbocycles. The molecule has 0 amide bonds. The zero-order valence-electron chi connectivity index (χ0n) is 11.8. The van der Waals surface area contributed by atoms with Crippen LogP contribution in [0.15, 0.2) is 24.3 Å². The van der Waals surface area contributed by atoms with Gasteiger partial charge in [-0.25, -0.2) is 0 Å². The van der Waals surface area contributed by atoms with Gasteiger partial charge in [0.15, 0.2) is 11.5 Å². The number of halogens is 3. The number of ether oxygens (including phenoxy) is 3. The third-order valence-corrected chi connectivity index (χ3v) is 2.90. The molecule has 1 heterocycles. The third-order valence-electron chi connectivity index (χ3n) is 2.90. The van der Waals surface area contributed by atoms with Gasteiger partial charge >= 0.3 is 6.18 Å². The first-order valence-electron chi connectivity index (χ1n) is 6.86. The molecule has 2 rings (SSSR count). The number of nitrogens with one attached hydrogen (secondary N) is 1. The van der Waals surface area contributed by atoms with E-state index in [0.717, 1.165) is 0 Å². The quantitative estimate of drug-likeness (QED) is 0.794. The van der Waals surface area contributed by atoms with Gasteiger partial charge < -0.3 is 24.6 Å². The van der Waals surface area contributed by atoms with Gasteiger partial charge in [0.1, 0.15) is 19.3 Å². The fraction of sp³-hybridized carbons (Fsp3) is 0.571. The molecule has 0 saturated carbocycles. The summed E-state index contributed by atoms with van der Waals surface area (Å²) >= 11 is 0. The summed E-state index contributed by atoms with van der Waals surface area (Å²) in [6.07, 6.45) is -5.62. The zero-order chi connectivity index (χ0) is 16.0. The van der Waals surface area contributed by atoms with Crippen LogP contribution in [0.1, 0.15) is 0 Å². The molecule has 0 bridgehead atoms. The van der Waals surface area contributed by atoms with Crippen LogP contribution in [0.4, 0.5) is 13.2 Å². The standard InChI is InChI=1S/C14H18F3NO4/c15-14(16,17)9-20-7-10(19)5-18-6-11-8-21-12-3-1-2-4-13(12)22-11/h1-4,10-11,18-19H,5-9H2. The minimum absolute atomic E-state index is 0.110. The number of hydrogen-bond acceptors (Lipinski definition) is 5. The van der Waals surface area contributed by atoms with E-state index in [9.17, 15) is 18.3 Å². The summed E-state index contributed by atoms with van der Waals surface area (Å²) in [5, 5.41) is 12.4. The van der Waals surface area contributed by atoms with Crippen LogP contribution in [0.25, 0.3) is 0 Å². The Morgan fingerprint density at radius 2 is 2.05 bits per heavy atom. The molecule has 2 unspecified atom stereocenters. The fourth-order valence-electron chi connectivity index (χ4n) is 1.94. The van der Waals surface area contributed by atoms with E-state index in [1.165, 1.54) is 0 Å². The Balaban J connectivity index is 1.61. The summed E-state index contributed by atoms with van der Waals surface area (Å²) in [6, 6.07) is 7.28. The second-order valence-corrected chi connectivity index (χ2v) is 4.94. The van der Waals surface area contributed by atoms with E-state index in [0.29, 0.717) is 24.7 Å². The van der Waals surface area contributed by atoms with Gasteiger partial charge in [-0.3, -0.25) is 0 Å². The van der Waals surface area contributed by atoms with Crippen molar-refractivity contribution in [2.24, 2.45) is 0 Å². The van der Waals surface area contributed by atoms with Crippen LogP contribution < -0.4 is 14.8 Å². The molecule has 1 aliphatic heterocycles. The highest BCUT2D eigenvalue weighted by Crippen LogP contribution is 2.30. The van der Waals surface area contributed by atoms with Gasteiger partial charge in [-0.2, -0.15) is 13.2 Å². The van der Waals surface area contributed by atoms with Crippen molar-refractivity contribution in [3.05, 3.63) is 24.3 Å². The number of alkyl halides is 3. The van der Waals surface area contributed by atoms with Gasteiger partial charge in [-0.05, 0) is 12.1 Å². The van der Waals surface area contributed by atoms with Crippen LogP contribution in [0.3, 0.4) is 0 Å². The van der Waals surface area contributed by atoms with Crippen molar-refractivity contribution in [3.8, 4) is 11.5 Å². The number of benzene rings is 1. The Hall–Kier alpha value is -1.51.